The van der Waals surface area contributed by atoms with Gasteiger partial charge in [0.1, 0.15) is 0 Å². The Balaban J connectivity index is 1.80. The molecule has 1 heterocycles. The molecule has 0 bridgehead atoms. The molecule has 0 unspecified atom stereocenters. The van der Waals surface area contributed by atoms with Crippen molar-refractivity contribution >= 4 is 46.6 Å². The lowest BCUT2D eigenvalue weighted by Crippen LogP contribution is -2.24. The van der Waals surface area contributed by atoms with Gasteiger partial charge in [0, 0.05) is 29.2 Å². The lowest BCUT2D eigenvalue weighted by molar-refractivity contribution is -0.117. The van der Waals surface area contributed by atoms with E-state index in [0.29, 0.717) is 22.7 Å². The van der Waals surface area contributed by atoms with Gasteiger partial charge < -0.3 is 10.2 Å². The number of rotatable bonds is 4. The molecule has 0 aromatic heterocycles. The van der Waals surface area contributed by atoms with Crippen LogP contribution in [0.1, 0.15) is 28.8 Å². The predicted octanol–water partition coefficient (Wildman–Crippen LogP) is 4.75. The van der Waals surface area contributed by atoms with Crippen LogP contribution in [0.3, 0.4) is 0 Å². The van der Waals surface area contributed by atoms with Crippen LogP contribution in [0.2, 0.25) is 5.02 Å². The first kappa shape index (κ1) is 17.8. The standard InChI is InChI=1S/C19H19ClN2O2S/c1-12-10-13(5-8-17(12)22-9-3-4-18(22)23)21-19(24)15-11-14(25-2)6-7-16(15)20/h5-8,10-11H,3-4,9H2,1-2H3,(H,21,24). The van der Waals surface area contributed by atoms with Gasteiger partial charge in [-0.2, -0.15) is 0 Å². The smallest absolute Gasteiger partial charge is 0.257 e. The van der Waals surface area contributed by atoms with Gasteiger partial charge in [-0.1, -0.05) is 11.6 Å². The third kappa shape index (κ3) is 3.83. The molecule has 130 valence electrons. The Morgan fingerprint density at radius 2 is 2.04 bits per heavy atom. The minimum atomic E-state index is -0.245. The molecule has 4 nitrogen and oxygen atoms in total. The van der Waals surface area contributed by atoms with Gasteiger partial charge >= 0.3 is 0 Å². The molecule has 0 atom stereocenters. The quantitative estimate of drug-likeness (QED) is 0.785. The second kappa shape index (κ2) is 7.50. The summed E-state index contributed by atoms with van der Waals surface area (Å²) in [6, 6.07) is 11.0. The Labute approximate surface area is 156 Å². The van der Waals surface area contributed by atoms with Crippen molar-refractivity contribution in [3.05, 3.63) is 52.5 Å². The number of anilines is 2. The number of aryl methyl sites for hydroxylation is 1. The first-order chi connectivity index (χ1) is 12.0. The van der Waals surface area contributed by atoms with Crippen LogP contribution in [0.4, 0.5) is 11.4 Å². The average Bonchev–Trinajstić information content (AvgIpc) is 3.01. The van der Waals surface area contributed by atoms with Gasteiger partial charge in [-0.15, -0.1) is 11.8 Å². The second-order valence-electron chi connectivity index (χ2n) is 5.95. The number of nitrogens with one attached hydrogen (secondary N) is 1. The van der Waals surface area contributed by atoms with E-state index in [4.69, 9.17) is 11.6 Å². The highest BCUT2D eigenvalue weighted by Crippen LogP contribution is 2.28. The van der Waals surface area contributed by atoms with Gasteiger partial charge in [-0.05, 0) is 61.6 Å². The van der Waals surface area contributed by atoms with Crippen LogP contribution in [0, 0.1) is 6.92 Å². The summed E-state index contributed by atoms with van der Waals surface area (Å²) in [4.78, 5) is 27.2. The third-order valence-corrected chi connectivity index (χ3v) is 5.29. The summed E-state index contributed by atoms with van der Waals surface area (Å²) in [6.07, 6.45) is 3.44. The molecule has 1 saturated heterocycles. The Morgan fingerprint density at radius 3 is 2.68 bits per heavy atom. The number of hydrogen-bond acceptors (Lipinski definition) is 3. The molecule has 0 aliphatic carbocycles. The van der Waals surface area contributed by atoms with E-state index in [1.807, 2.05) is 37.4 Å². The minimum absolute atomic E-state index is 0.153. The molecule has 2 amide bonds. The summed E-state index contributed by atoms with van der Waals surface area (Å²) in [6.45, 7) is 2.69. The van der Waals surface area contributed by atoms with Gasteiger partial charge in [0.25, 0.3) is 5.91 Å². The molecule has 3 rings (SSSR count). The van der Waals surface area contributed by atoms with E-state index in [2.05, 4.69) is 5.32 Å². The molecule has 6 heteroatoms. The van der Waals surface area contributed by atoms with Crippen LogP contribution in [0.15, 0.2) is 41.3 Å². The Bertz CT molecular complexity index is 838. The van der Waals surface area contributed by atoms with Crippen molar-refractivity contribution in [2.45, 2.75) is 24.7 Å². The van der Waals surface area contributed by atoms with E-state index in [1.165, 1.54) is 0 Å². The predicted molar refractivity (Wildman–Crippen MR) is 104 cm³/mol. The highest BCUT2D eigenvalue weighted by atomic mass is 35.5. The summed E-state index contributed by atoms with van der Waals surface area (Å²) in [7, 11) is 0. The molecular formula is C19H19ClN2O2S. The van der Waals surface area contributed by atoms with Gasteiger partial charge in [0.2, 0.25) is 5.91 Å². The molecule has 25 heavy (non-hydrogen) atoms. The van der Waals surface area contributed by atoms with E-state index in [-0.39, 0.29) is 11.8 Å². The maximum Gasteiger partial charge on any atom is 0.257 e. The largest absolute Gasteiger partial charge is 0.322 e. The van der Waals surface area contributed by atoms with Crippen LogP contribution in [-0.2, 0) is 4.79 Å². The fourth-order valence-electron chi connectivity index (χ4n) is 2.94. The van der Waals surface area contributed by atoms with Crippen molar-refractivity contribution in [3.63, 3.8) is 0 Å². The maximum atomic E-state index is 12.5. The number of halogens is 1. The number of thioether (sulfide) groups is 1. The lowest BCUT2D eigenvalue weighted by Gasteiger charge is -2.19. The van der Waals surface area contributed by atoms with Gasteiger partial charge in [0.15, 0.2) is 0 Å². The van der Waals surface area contributed by atoms with E-state index in [0.717, 1.165) is 29.1 Å². The molecule has 1 fully saturated rings. The number of nitrogens with zero attached hydrogens (tertiary/aromatic N) is 1. The maximum absolute atomic E-state index is 12.5. The number of carbonyl (C=O) groups excluding carboxylic acids is 2. The van der Waals surface area contributed by atoms with E-state index in [9.17, 15) is 9.59 Å². The zero-order valence-electron chi connectivity index (χ0n) is 14.1. The summed E-state index contributed by atoms with van der Waals surface area (Å²) in [5.41, 5.74) is 2.99. The molecule has 0 saturated carbocycles. The average molecular weight is 375 g/mol. The lowest BCUT2D eigenvalue weighted by atomic mass is 10.1. The highest BCUT2D eigenvalue weighted by Gasteiger charge is 2.23. The fourth-order valence-corrected chi connectivity index (χ4v) is 3.59. The molecule has 1 aliphatic rings. The third-order valence-electron chi connectivity index (χ3n) is 4.24. The molecule has 1 N–H and O–H groups in total. The van der Waals surface area contributed by atoms with Crippen molar-refractivity contribution < 1.29 is 9.59 Å². The van der Waals surface area contributed by atoms with Crippen LogP contribution >= 0.6 is 23.4 Å². The Kier molecular flexibility index (Phi) is 5.35. The molecule has 0 spiro atoms. The summed E-state index contributed by atoms with van der Waals surface area (Å²) < 4.78 is 0. The number of amides is 2. The summed E-state index contributed by atoms with van der Waals surface area (Å²) in [5, 5.41) is 3.31. The van der Waals surface area contributed by atoms with E-state index >= 15 is 0 Å². The van der Waals surface area contributed by atoms with Crippen molar-refractivity contribution in [1.29, 1.82) is 0 Å². The summed E-state index contributed by atoms with van der Waals surface area (Å²) in [5.74, 6) is -0.0918. The van der Waals surface area contributed by atoms with Gasteiger partial charge in [-0.3, -0.25) is 9.59 Å². The summed E-state index contributed by atoms with van der Waals surface area (Å²) >= 11 is 7.72. The number of benzene rings is 2. The zero-order valence-corrected chi connectivity index (χ0v) is 15.7. The van der Waals surface area contributed by atoms with Gasteiger partial charge in [0.05, 0.1) is 10.6 Å². The van der Waals surface area contributed by atoms with E-state index in [1.54, 1.807) is 28.8 Å². The normalized spacial score (nSPS) is 14.0. The van der Waals surface area contributed by atoms with Crippen molar-refractivity contribution in [3.8, 4) is 0 Å². The fraction of sp³-hybridized carbons (Fsp3) is 0.263. The SMILES string of the molecule is CSc1ccc(Cl)c(C(=O)Nc2ccc(N3CCCC3=O)c(C)c2)c1. The Hall–Kier alpha value is -1.98. The molecular weight excluding hydrogens is 356 g/mol. The first-order valence-electron chi connectivity index (χ1n) is 8.05. The topological polar surface area (TPSA) is 49.4 Å². The van der Waals surface area contributed by atoms with Crippen molar-refractivity contribution in [1.82, 2.24) is 0 Å². The molecule has 0 radical (unpaired) electrons. The first-order valence-corrected chi connectivity index (χ1v) is 9.66. The molecule has 1 aliphatic heterocycles. The Morgan fingerprint density at radius 1 is 1.24 bits per heavy atom. The van der Waals surface area contributed by atoms with E-state index < -0.39 is 0 Å². The molecule has 2 aromatic carbocycles. The van der Waals surface area contributed by atoms with Crippen LogP contribution in [-0.4, -0.2) is 24.6 Å². The van der Waals surface area contributed by atoms with Crippen molar-refractivity contribution in [2.75, 3.05) is 23.0 Å². The van der Waals surface area contributed by atoms with Gasteiger partial charge in [-0.25, -0.2) is 0 Å². The zero-order chi connectivity index (χ0) is 18.0. The van der Waals surface area contributed by atoms with Crippen LogP contribution in [0.25, 0.3) is 0 Å². The van der Waals surface area contributed by atoms with Crippen molar-refractivity contribution in [2.24, 2.45) is 0 Å². The second-order valence-corrected chi connectivity index (χ2v) is 7.24. The molecule has 2 aromatic rings. The number of hydrogen-bond donors (Lipinski definition) is 1. The number of carbonyl (C=O) groups is 2. The minimum Gasteiger partial charge on any atom is -0.322 e. The van der Waals surface area contributed by atoms with Crippen LogP contribution in [0.5, 0.6) is 0 Å². The monoisotopic (exact) mass is 374 g/mol. The highest BCUT2D eigenvalue weighted by molar-refractivity contribution is 7.98. The van der Waals surface area contributed by atoms with Crippen LogP contribution < -0.4 is 10.2 Å².